The van der Waals surface area contributed by atoms with E-state index in [0.717, 1.165) is 17.1 Å². The van der Waals surface area contributed by atoms with Gasteiger partial charge in [0.2, 0.25) is 11.9 Å². The standard InChI is InChI=1S/C17H24N8O4S/c1-4-9-30-12-5-6-14(25(27)28)13(10-12)23-16(24-17(26)29-3)21-8-7-20-15(19-2)22-11-18/h5-6,10H,4,7-9H2,1-3H3,(H2,19,20,22)(H2,21,23,24,26). The van der Waals surface area contributed by atoms with E-state index in [1.807, 2.05) is 6.92 Å². The van der Waals surface area contributed by atoms with E-state index < -0.39 is 11.0 Å². The summed E-state index contributed by atoms with van der Waals surface area (Å²) in [7, 11) is 2.70. The molecule has 12 nitrogen and oxygen atoms in total. The lowest BCUT2D eigenvalue weighted by Crippen LogP contribution is -2.38. The maximum Gasteiger partial charge on any atom is 0.413 e. The molecule has 0 aliphatic heterocycles. The predicted molar refractivity (Wildman–Crippen MR) is 116 cm³/mol. The molecule has 1 amide bonds. The predicted octanol–water partition coefficient (Wildman–Crippen LogP) is 1.87. The van der Waals surface area contributed by atoms with Crippen LogP contribution in [0.4, 0.5) is 16.2 Å². The Morgan fingerprint density at radius 2 is 2.17 bits per heavy atom. The molecule has 0 bridgehead atoms. The highest BCUT2D eigenvalue weighted by atomic mass is 32.2. The van der Waals surface area contributed by atoms with Gasteiger partial charge in [0.25, 0.3) is 5.69 Å². The first-order chi connectivity index (χ1) is 14.4. The van der Waals surface area contributed by atoms with Gasteiger partial charge in [-0.15, -0.1) is 11.8 Å². The fourth-order valence-electron chi connectivity index (χ4n) is 2.04. The van der Waals surface area contributed by atoms with Crippen molar-refractivity contribution in [3.05, 3.63) is 28.3 Å². The van der Waals surface area contributed by atoms with Crippen molar-refractivity contribution in [1.82, 2.24) is 16.0 Å². The van der Waals surface area contributed by atoms with Gasteiger partial charge in [0, 0.05) is 24.6 Å². The number of nitrogens with one attached hydrogen (secondary N) is 4. The van der Waals surface area contributed by atoms with E-state index in [9.17, 15) is 14.9 Å². The Morgan fingerprint density at radius 3 is 2.77 bits per heavy atom. The molecule has 0 heterocycles. The van der Waals surface area contributed by atoms with Gasteiger partial charge >= 0.3 is 6.09 Å². The summed E-state index contributed by atoms with van der Waals surface area (Å²) in [6.07, 6.45) is 1.91. The Bertz CT molecular complexity index is 838. The summed E-state index contributed by atoms with van der Waals surface area (Å²) in [6, 6.07) is 4.70. The van der Waals surface area contributed by atoms with Crippen LogP contribution in [0, 0.1) is 21.6 Å². The number of anilines is 1. The third-order valence-corrected chi connectivity index (χ3v) is 4.57. The number of nitro groups is 1. The molecular formula is C17H24N8O4S. The van der Waals surface area contributed by atoms with Crippen molar-refractivity contribution in [2.75, 3.05) is 38.3 Å². The molecule has 0 unspecified atom stereocenters. The number of hydrogen-bond donors (Lipinski definition) is 4. The van der Waals surface area contributed by atoms with Crippen LogP contribution in [0.5, 0.6) is 0 Å². The van der Waals surface area contributed by atoms with Crippen molar-refractivity contribution < 1.29 is 14.5 Å². The summed E-state index contributed by atoms with van der Waals surface area (Å²) in [5.41, 5.74) is 0.0261. The normalized spacial score (nSPS) is 11.3. The van der Waals surface area contributed by atoms with Crippen molar-refractivity contribution in [2.24, 2.45) is 9.98 Å². The molecule has 0 saturated carbocycles. The number of ether oxygens (including phenoxy) is 1. The van der Waals surface area contributed by atoms with E-state index in [-0.39, 0.29) is 36.4 Å². The lowest BCUT2D eigenvalue weighted by atomic mass is 10.2. The van der Waals surface area contributed by atoms with Gasteiger partial charge in [0.1, 0.15) is 5.69 Å². The fourth-order valence-corrected chi connectivity index (χ4v) is 2.85. The van der Waals surface area contributed by atoms with Crippen LogP contribution in [0.3, 0.4) is 0 Å². The molecule has 0 aliphatic rings. The Labute approximate surface area is 178 Å². The van der Waals surface area contributed by atoms with Crippen LogP contribution in [-0.4, -0.2) is 55.9 Å². The molecule has 0 aromatic heterocycles. The summed E-state index contributed by atoms with van der Waals surface area (Å²) in [5, 5.41) is 30.4. The van der Waals surface area contributed by atoms with Gasteiger partial charge in [-0.1, -0.05) is 6.92 Å². The Morgan fingerprint density at radius 1 is 1.40 bits per heavy atom. The SMILES string of the molecule is CCCSc1ccc([N+](=O)[O-])c(NC(=NCCNC(=NC)NC#N)NC(=O)OC)c1. The number of aliphatic imine (C=N–C) groups is 2. The molecule has 162 valence electrons. The van der Waals surface area contributed by atoms with Gasteiger partial charge in [-0.25, -0.2) is 4.79 Å². The number of nitro benzene ring substituents is 1. The highest BCUT2D eigenvalue weighted by Gasteiger charge is 2.17. The maximum absolute atomic E-state index is 11.6. The molecular weight excluding hydrogens is 412 g/mol. The summed E-state index contributed by atoms with van der Waals surface area (Å²) >= 11 is 1.56. The smallest absolute Gasteiger partial charge is 0.413 e. The van der Waals surface area contributed by atoms with Crippen LogP contribution in [0.2, 0.25) is 0 Å². The average molecular weight is 436 g/mol. The fraction of sp³-hybridized carbons (Fsp3) is 0.412. The number of benzene rings is 1. The topological polar surface area (TPSA) is 166 Å². The second-order valence-corrected chi connectivity index (χ2v) is 6.66. The first-order valence-electron chi connectivity index (χ1n) is 8.88. The van der Waals surface area contributed by atoms with Crippen molar-refractivity contribution in [1.29, 1.82) is 5.26 Å². The number of carbonyl (C=O) groups excluding carboxylic acids is 1. The molecule has 4 N–H and O–H groups in total. The Kier molecular flexibility index (Phi) is 11.1. The van der Waals surface area contributed by atoms with E-state index in [2.05, 4.69) is 36.0 Å². The Balaban J connectivity index is 3.01. The summed E-state index contributed by atoms with van der Waals surface area (Å²) in [5.74, 6) is 1.11. The highest BCUT2D eigenvalue weighted by molar-refractivity contribution is 7.99. The number of guanidine groups is 2. The molecule has 0 spiro atoms. The molecule has 0 aliphatic carbocycles. The minimum Gasteiger partial charge on any atom is -0.453 e. The second kappa shape index (κ2) is 13.6. The first kappa shape index (κ1) is 24.5. The number of hydrogen-bond acceptors (Lipinski definition) is 8. The molecule has 0 fully saturated rings. The van der Waals surface area contributed by atoms with Crippen molar-refractivity contribution in [2.45, 2.75) is 18.2 Å². The minimum absolute atomic E-state index is 0.0207. The quantitative estimate of drug-likeness (QED) is 0.0695. The lowest BCUT2D eigenvalue weighted by Gasteiger charge is -2.13. The number of carbonyl (C=O) groups is 1. The van der Waals surface area contributed by atoms with Crippen LogP contribution >= 0.6 is 11.8 Å². The molecule has 1 rings (SSSR count). The molecule has 13 heteroatoms. The first-order valence-corrected chi connectivity index (χ1v) is 9.87. The summed E-state index contributed by atoms with van der Waals surface area (Å²) in [4.78, 5) is 31.4. The maximum atomic E-state index is 11.6. The molecule has 0 atom stereocenters. The van der Waals surface area contributed by atoms with Gasteiger partial charge in [0.15, 0.2) is 6.19 Å². The average Bonchev–Trinajstić information content (AvgIpc) is 2.73. The monoisotopic (exact) mass is 436 g/mol. The minimum atomic E-state index is -0.782. The van der Waals surface area contributed by atoms with E-state index in [4.69, 9.17) is 5.26 Å². The van der Waals surface area contributed by atoms with Crippen molar-refractivity contribution in [3.63, 3.8) is 0 Å². The van der Waals surface area contributed by atoms with Gasteiger partial charge in [-0.3, -0.25) is 30.7 Å². The number of alkyl carbamates (subject to hydrolysis) is 1. The third-order valence-electron chi connectivity index (χ3n) is 3.37. The van der Waals surface area contributed by atoms with Crippen molar-refractivity contribution >= 4 is 41.1 Å². The number of thioether (sulfide) groups is 1. The highest BCUT2D eigenvalue weighted by Crippen LogP contribution is 2.30. The zero-order valence-electron chi connectivity index (χ0n) is 16.9. The van der Waals surface area contributed by atoms with E-state index in [0.29, 0.717) is 0 Å². The van der Waals surface area contributed by atoms with Crippen molar-refractivity contribution in [3.8, 4) is 6.19 Å². The van der Waals surface area contributed by atoms with Crippen LogP contribution in [-0.2, 0) is 4.74 Å². The molecule has 0 saturated heterocycles. The molecule has 1 aromatic carbocycles. The van der Waals surface area contributed by atoms with Gasteiger partial charge < -0.3 is 15.4 Å². The zero-order chi connectivity index (χ0) is 22.4. The van der Waals surface area contributed by atoms with Gasteiger partial charge in [0.05, 0.1) is 18.6 Å². The number of nitrogens with zero attached hydrogens (tertiary/aromatic N) is 4. The van der Waals surface area contributed by atoms with Crippen LogP contribution < -0.4 is 21.3 Å². The number of rotatable bonds is 8. The number of methoxy groups -OCH3 is 1. The van der Waals surface area contributed by atoms with Crippen LogP contribution in [0.1, 0.15) is 13.3 Å². The van der Waals surface area contributed by atoms with E-state index >= 15 is 0 Å². The molecule has 1 aromatic rings. The molecule has 30 heavy (non-hydrogen) atoms. The number of amides is 1. The van der Waals surface area contributed by atoms with Gasteiger partial charge in [-0.2, -0.15) is 5.26 Å². The Hall–Kier alpha value is -3.53. The van der Waals surface area contributed by atoms with E-state index in [1.165, 1.54) is 20.2 Å². The summed E-state index contributed by atoms with van der Waals surface area (Å²) in [6.45, 7) is 2.48. The second-order valence-electron chi connectivity index (χ2n) is 5.49. The summed E-state index contributed by atoms with van der Waals surface area (Å²) < 4.78 is 4.58. The van der Waals surface area contributed by atoms with Crippen LogP contribution in [0.25, 0.3) is 0 Å². The molecule has 0 radical (unpaired) electrons. The van der Waals surface area contributed by atoms with Gasteiger partial charge in [-0.05, 0) is 24.3 Å². The zero-order valence-corrected chi connectivity index (χ0v) is 17.7. The third kappa shape index (κ3) is 8.65. The van der Waals surface area contributed by atoms with Crippen LogP contribution in [0.15, 0.2) is 33.1 Å². The lowest BCUT2D eigenvalue weighted by molar-refractivity contribution is -0.383. The largest absolute Gasteiger partial charge is 0.453 e. The van der Waals surface area contributed by atoms with E-state index in [1.54, 1.807) is 30.1 Å². The number of nitriles is 1.